The maximum atomic E-state index is 12.2. The molecular formula is C16H24N2O2. The van der Waals surface area contributed by atoms with Crippen molar-refractivity contribution in [2.45, 2.75) is 31.7 Å². The first kappa shape index (κ1) is 14.9. The molecule has 0 bridgehead atoms. The molecule has 1 aromatic carbocycles. The number of ether oxygens (including phenoxy) is 1. The van der Waals surface area contributed by atoms with Crippen molar-refractivity contribution in [2.75, 3.05) is 26.7 Å². The highest BCUT2D eigenvalue weighted by Gasteiger charge is 2.24. The van der Waals surface area contributed by atoms with E-state index in [1.54, 1.807) is 0 Å². The van der Waals surface area contributed by atoms with Gasteiger partial charge in [0.05, 0.1) is 12.6 Å². The van der Waals surface area contributed by atoms with Gasteiger partial charge in [0, 0.05) is 0 Å². The van der Waals surface area contributed by atoms with Crippen LogP contribution in [0.5, 0.6) is 5.75 Å². The Morgan fingerprint density at radius 1 is 1.30 bits per heavy atom. The Morgan fingerprint density at radius 3 is 2.90 bits per heavy atom. The van der Waals surface area contributed by atoms with Crippen molar-refractivity contribution in [3.05, 3.63) is 30.3 Å². The van der Waals surface area contributed by atoms with Gasteiger partial charge in [-0.15, -0.1) is 0 Å². The Bertz CT molecular complexity index is 408. The number of likely N-dealkylation sites (tertiary alicyclic amines) is 1. The number of hydrogen-bond donors (Lipinski definition) is 1. The Morgan fingerprint density at radius 2 is 2.10 bits per heavy atom. The van der Waals surface area contributed by atoms with E-state index in [4.69, 9.17) is 4.74 Å². The molecule has 1 amide bonds. The molecule has 1 aliphatic rings. The molecule has 1 unspecified atom stereocenters. The summed E-state index contributed by atoms with van der Waals surface area (Å²) in [5.41, 5.74) is 0. The van der Waals surface area contributed by atoms with Crippen LogP contribution in [0, 0.1) is 0 Å². The van der Waals surface area contributed by atoms with Crippen LogP contribution in [0.25, 0.3) is 0 Å². The van der Waals surface area contributed by atoms with Gasteiger partial charge in [0.2, 0.25) is 5.91 Å². The fourth-order valence-electron chi connectivity index (χ4n) is 2.56. The molecule has 4 heteroatoms. The highest BCUT2D eigenvalue weighted by molar-refractivity contribution is 5.81. The number of rotatable bonds is 5. The molecule has 2 rings (SSSR count). The van der Waals surface area contributed by atoms with E-state index in [1.165, 1.54) is 12.8 Å². The van der Waals surface area contributed by atoms with Crippen molar-refractivity contribution in [1.82, 2.24) is 10.2 Å². The molecule has 0 saturated carbocycles. The van der Waals surface area contributed by atoms with Crippen molar-refractivity contribution in [3.8, 4) is 5.75 Å². The smallest absolute Gasteiger partial charge is 0.237 e. The Labute approximate surface area is 121 Å². The van der Waals surface area contributed by atoms with Gasteiger partial charge in [-0.05, 0) is 38.6 Å². The van der Waals surface area contributed by atoms with Gasteiger partial charge in [-0.25, -0.2) is 0 Å². The zero-order valence-electron chi connectivity index (χ0n) is 12.2. The van der Waals surface area contributed by atoms with E-state index >= 15 is 0 Å². The number of nitrogens with one attached hydrogen (secondary N) is 1. The van der Waals surface area contributed by atoms with Crippen molar-refractivity contribution >= 4 is 5.91 Å². The van der Waals surface area contributed by atoms with E-state index in [1.807, 2.05) is 37.4 Å². The van der Waals surface area contributed by atoms with Crippen LogP contribution in [0.4, 0.5) is 0 Å². The summed E-state index contributed by atoms with van der Waals surface area (Å²) in [5, 5.41) is 2.98. The lowest BCUT2D eigenvalue weighted by molar-refractivity contribution is -0.126. The summed E-state index contributed by atoms with van der Waals surface area (Å²) < 4.78 is 5.57. The summed E-state index contributed by atoms with van der Waals surface area (Å²) in [6.07, 6.45) is 4.52. The maximum Gasteiger partial charge on any atom is 0.237 e. The van der Waals surface area contributed by atoms with E-state index in [0.717, 1.165) is 25.1 Å². The Hall–Kier alpha value is -1.55. The third-order valence-corrected chi connectivity index (χ3v) is 3.74. The molecule has 1 aliphatic heterocycles. The summed E-state index contributed by atoms with van der Waals surface area (Å²) in [7, 11) is 2.04. The third kappa shape index (κ3) is 4.53. The molecule has 1 heterocycles. The first-order valence-corrected chi connectivity index (χ1v) is 7.43. The van der Waals surface area contributed by atoms with Gasteiger partial charge in [0.15, 0.2) is 0 Å². The zero-order valence-corrected chi connectivity index (χ0v) is 12.2. The first-order valence-electron chi connectivity index (χ1n) is 7.43. The molecule has 4 nitrogen and oxygen atoms in total. The van der Waals surface area contributed by atoms with E-state index < -0.39 is 0 Å². The highest BCUT2D eigenvalue weighted by atomic mass is 16.5. The molecule has 1 atom stereocenters. The van der Waals surface area contributed by atoms with Crippen LogP contribution in [-0.2, 0) is 4.79 Å². The predicted molar refractivity (Wildman–Crippen MR) is 79.8 cm³/mol. The molecule has 1 saturated heterocycles. The largest absolute Gasteiger partial charge is 0.492 e. The van der Waals surface area contributed by atoms with Gasteiger partial charge >= 0.3 is 0 Å². The van der Waals surface area contributed by atoms with Crippen LogP contribution in [0.15, 0.2) is 30.3 Å². The SMILES string of the molecule is CN1CCCCCC1C(=O)NCCOc1ccccc1. The topological polar surface area (TPSA) is 41.6 Å². The third-order valence-electron chi connectivity index (χ3n) is 3.74. The second-order valence-corrected chi connectivity index (χ2v) is 5.30. The molecular weight excluding hydrogens is 252 g/mol. The second-order valence-electron chi connectivity index (χ2n) is 5.30. The van der Waals surface area contributed by atoms with Gasteiger partial charge in [0.25, 0.3) is 0 Å². The predicted octanol–water partition coefficient (Wildman–Crippen LogP) is 2.06. The van der Waals surface area contributed by atoms with Crippen LogP contribution < -0.4 is 10.1 Å². The molecule has 1 fully saturated rings. The van der Waals surface area contributed by atoms with Crippen molar-refractivity contribution in [2.24, 2.45) is 0 Å². The fraction of sp³-hybridized carbons (Fsp3) is 0.562. The van der Waals surface area contributed by atoms with E-state index in [9.17, 15) is 4.79 Å². The molecule has 20 heavy (non-hydrogen) atoms. The quantitative estimate of drug-likeness (QED) is 0.837. The van der Waals surface area contributed by atoms with Gasteiger partial charge in [-0.3, -0.25) is 9.69 Å². The van der Waals surface area contributed by atoms with Crippen molar-refractivity contribution < 1.29 is 9.53 Å². The summed E-state index contributed by atoms with van der Waals surface area (Å²) in [6.45, 7) is 2.07. The molecule has 1 aromatic rings. The van der Waals surface area contributed by atoms with E-state index in [2.05, 4.69) is 10.2 Å². The molecule has 110 valence electrons. The second kappa shape index (κ2) is 7.90. The monoisotopic (exact) mass is 276 g/mol. The Balaban J connectivity index is 1.69. The van der Waals surface area contributed by atoms with E-state index in [-0.39, 0.29) is 11.9 Å². The summed E-state index contributed by atoms with van der Waals surface area (Å²) in [6, 6.07) is 9.69. The number of para-hydroxylation sites is 1. The lowest BCUT2D eigenvalue weighted by Gasteiger charge is -2.24. The van der Waals surface area contributed by atoms with Crippen molar-refractivity contribution in [1.29, 1.82) is 0 Å². The molecule has 1 N–H and O–H groups in total. The molecule has 0 aromatic heterocycles. The fourth-order valence-corrected chi connectivity index (χ4v) is 2.56. The summed E-state index contributed by atoms with van der Waals surface area (Å²) >= 11 is 0. The van der Waals surface area contributed by atoms with Gasteiger partial charge < -0.3 is 10.1 Å². The number of carbonyl (C=O) groups is 1. The Kier molecular flexibility index (Phi) is 5.87. The number of likely N-dealkylation sites (N-methyl/N-ethyl adjacent to an activating group) is 1. The van der Waals surface area contributed by atoms with Crippen LogP contribution in [-0.4, -0.2) is 43.6 Å². The molecule has 0 spiro atoms. The summed E-state index contributed by atoms with van der Waals surface area (Å²) in [4.78, 5) is 14.3. The standard InChI is InChI=1S/C16H24N2O2/c1-18-12-7-3-6-10-15(18)16(19)17-11-13-20-14-8-4-2-5-9-14/h2,4-5,8-9,15H,3,6-7,10-13H2,1H3,(H,17,19). The van der Waals surface area contributed by atoms with Crippen molar-refractivity contribution in [3.63, 3.8) is 0 Å². The van der Waals surface area contributed by atoms with Gasteiger partial charge in [-0.2, -0.15) is 0 Å². The van der Waals surface area contributed by atoms with Crippen LogP contribution in [0.1, 0.15) is 25.7 Å². The van der Waals surface area contributed by atoms with Crippen LogP contribution in [0.3, 0.4) is 0 Å². The lowest BCUT2D eigenvalue weighted by atomic mass is 10.1. The number of benzene rings is 1. The number of carbonyl (C=O) groups excluding carboxylic acids is 1. The maximum absolute atomic E-state index is 12.2. The number of nitrogens with zero attached hydrogens (tertiary/aromatic N) is 1. The minimum Gasteiger partial charge on any atom is -0.492 e. The zero-order chi connectivity index (χ0) is 14.2. The molecule has 0 aliphatic carbocycles. The first-order chi connectivity index (χ1) is 9.77. The molecule has 0 radical (unpaired) electrons. The summed E-state index contributed by atoms with van der Waals surface area (Å²) in [5.74, 6) is 0.972. The van der Waals surface area contributed by atoms with Crippen LogP contribution in [0.2, 0.25) is 0 Å². The number of amides is 1. The lowest BCUT2D eigenvalue weighted by Crippen LogP contribution is -2.45. The minimum atomic E-state index is 0.0224. The van der Waals surface area contributed by atoms with Gasteiger partial charge in [0.1, 0.15) is 12.4 Å². The normalized spacial score (nSPS) is 20.1. The highest BCUT2D eigenvalue weighted by Crippen LogP contribution is 2.15. The minimum absolute atomic E-state index is 0.0224. The van der Waals surface area contributed by atoms with Crippen LogP contribution >= 0.6 is 0 Å². The van der Waals surface area contributed by atoms with E-state index in [0.29, 0.717) is 13.2 Å². The number of hydrogen-bond acceptors (Lipinski definition) is 3. The average molecular weight is 276 g/mol. The van der Waals surface area contributed by atoms with Gasteiger partial charge in [-0.1, -0.05) is 31.0 Å². The average Bonchev–Trinajstić information content (AvgIpc) is 2.69.